The number of aryl methyl sites for hydroxylation is 1. The Labute approximate surface area is 144 Å². The second-order valence-corrected chi connectivity index (χ2v) is 6.32. The molecule has 25 heavy (non-hydrogen) atoms. The molecule has 1 atom stereocenters. The third kappa shape index (κ3) is 3.44. The van der Waals surface area contributed by atoms with Crippen LogP contribution in [0.4, 0.5) is 8.78 Å². The molecule has 0 saturated carbocycles. The molecule has 1 unspecified atom stereocenters. The van der Waals surface area contributed by atoms with Crippen LogP contribution in [0.1, 0.15) is 34.8 Å². The van der Waals surface area contributed by atoms with Crippen molar-refractivity contribution in [1.82, 2.24) is 20.3 Å². The molecule has 4 nitrogen and oxygen atoms in total. The van der Waals surface area contributed by atoms with E-state index in [9.17, 15) is 8.78 Å². The summed E-state index contributed by atoms with van der Waals surface area (Å²) in [6, 6.07) is 11.4. The van der Waals surface area contributed by atoms with Crippen molar-refractivity contribution in [1.29, 1.82) is 0 Å². The molecule has 0 fully saturated rings. The van der Waals surface area contributed by atoms with Gasteiger partial charge in [-0.15, -0.1) is 5.10 Å². The number of halogens is 2. The van der Waals surface area contributed by atoms with Crippen LogP contribution in [0, 0.1) is 11.6 Å². The lowest BCUT2D eigenvalue weighted by molar-refractivity contribution is 0.501. The molecule has 0 aliphatic heterocycles. The van der Waals surface area contributed by atoms with Gasteiger partial charge in [-0.2, -0.15) is 0 Å². The van der Waals surface area contributed by atoms with Crippen LogP contribution in [0.5, 0.6) is 0 Å². The maximum Gasteiger partial charge on any atom is 0.123 e. The number of fused-ring (bicyclic) bond motifs is 1. The van der Waals surface area contributed by atoms with Gasteiger partial charge in [-0.05, 0) is 53.8 Å². The predicted octanol–water partition coefficient (Wildman–Crippen LogP) is 3.38. The number of nitrogens with one attached hydrogen (secondary N) is 1. The monoisotopic (exact) mass is 340 g/mol. The number of nitrogens with zero attached hydrogens (tertiary/aromatic N) is 3. The Kier molecular flexibility index (Phi) is 4.28. The summed E-state index contributed by atoms with van der Waals surface area (Å²) in [5.74, 6) is -0.452. The topological polar surface area (TPSA) is 42.7 Å². The Morgan fingerprint density at radius 3 is 2.68 bits per heavy atom. The summed E-state index contributed by atoms with van der Waals surface area (Å²) in [6.07, 6.45) is 3.74. The maximum absolute atomic E-state index is 13.5. The number of hydrogen-bond donors (Lipinski definition) is 1. The standard InChI is InChI=1S/C19H18F2N4/c20-15-5-1-13(2-6-15)10-22-11-17-12-25(24-23-17)19-8-4-14-3-7-16(21)9-18(14)19/h1-3,5-7,9,12,19,22H,4,8,10-11H2. The van der Waals surface area contributed by atoms with Gasteiger partial charge in [-0.1, -0.05) is 23.4 Å². The predicted molar refractivity (Wildman–Crippen MR) is 89.8 cm³/mol. The van der Waals surface area contributed by atoms with E-state index < -0.39 is 0 Å². The molecule has 1 aliphatic carbocycles. The van der Waals surface area contributed by atoms with Gasteiger partial charge in [0.15, 0.2) is 0 Å². The van der Waals surface area contributed by atoms with Gasteiger partial charge in [0.1, 0.15) is 11.6 Å². The summed E-state index contributed by atoms with van der Waals surface area (Å²) in [7, 11) is 0. The first kappa shape index (κ1) is 15.9. The fourth-order valence-corrected chi connectivity index (χ4v) is 3.31. The first-order valence-electron chi connectivity index (χ1n) is 8.33. The van der Waals surface area contributed by atoms with E-state index in [1.54, 1.807) is 18.2 Å². The lowest BCUT2D eigenvalue weighted by Crippen LogP contribution is -2.13. The molecule has 2 aromatic carbocycles. The first-order valence-corrected chi connectivity index (χ1v) is 8.33. The molecule has 128 valence electrons. The summed E-state index contributed by atoms with van der Waals surface area (Å²) in [5.41, 5.74) is 4.01. The Morgan fingerprint density at radius 2 is 1.84 bits per heavy atom. The SMILES string of the molecule is Fc1ccc(CNCc2cn(C3CCc4ccc(F)cc43)nn2)cc1. The Morgan fingerprint density at radius 1 is 1.04 bits per heavy atom. The Bertz CT molecular complexity index is 873. The quantitative estimate of drug-likeness (QED) is 0.774. The minimum absolute atomic E-state index is 0.0454. The molecule has 0 amide bonds. The zero-order valence-corrected chi connectivity index (χ0v) is 13.6. The summed E-state index contributed by atoms with van der Waals surface area (Å²) in [6.45, 7) is 1.20. The molecule has 0 bridgehead atoms. The van der Waals surface area contributed by atoms with Crippen LogP contribution >= 0.6 is 0 Å². The van der Waals surface area contributed by atoms with Crippen LogP contribution in [0.15, 0.2) is 48.7 Å². The molecular formula is C19H18F2N4. The number of rotatable bonds is 5. The van der Waals surface area contributed by atoms with Crippen molar-refractivity contribution in [2.75, 3.05) is 0 Å². The van der Waals surface area contributed by atoms with E-state index in [2.05, 4.69) is 15.6 Å². The van der Waals surface area contributed by atoms with E-state index in [4.69, 9.17) is 0 Å². The summed E-state index contributed by atoms with van der Waals surface area (Å²) in [5, 5.41) is 11.7. The number of benzene rings is 2. The molecule has 3 aromatic rings. The largest absolute Gasteiger partial charge is 0.307 e. The molecule has 0 saturated heterocycles. The average Bonchev–Trinajstić information content (AvgIpc) is 3.23. The second kappa shape index (κ2) is 6.72. The lowest BCUT2D eigenvalue weighted by atomic mass is 10.1. The van der Waals surface area contributed by atoms with Gasteiger partial charge in [0.05, 0.1) is 17.9 Å². The highest BCUT2D eigenvalue weighted by Crippen LogP contribution is 2.34. The van der Waals surface area contributed by atoms with Gasteiger partial charge < -0.3 is 5.32 Å². The Hall–Kier alpha value is -2.60. The van der Waals surface area contributed by atoms with Crippen molar-refractivity contribution in [3.63, 3.8) is 0 Å². The van der Waals surface area contributed by atoms with Gasteiger partial charge in [-0.3, -0.25) is 0 Å². The summed E-state index contributed by atoms with van der Waals surface area (Å²) in [4.78, 5) is 0. The van der Waals surface area contributed by atoms with E-state index in [0.717, 1.165) is 29.7 Å². The third-order valence-corrected chi connectivity index (χ3v) is 4.58. The lowest BCUT2D eigenvalue weighted by Gasteiger charge is -2.11. The number of aromatic nitrogens is 3. The number of hydrogen-bond acceptors (Lipinski definition) is 3. The smallest absolute Gasteiger partial charge is 0.123 e. The van der Waals surface area contributed by atoms with E-state index in [-0.39, 0.29) is 17.7 Å². The van der Waals surface area contributed by atoms with Crippen molar-refractivity contribution in [3.05, 3.63) is 82.7 Å². The van der Waals surface area contributed by atoms with E-state index in [1.165, 1.54) is 23.8 Å². The Balaban J connectivity index is 1.40. The highest BCUT2D eigenvalue weighted by atomic mass is 19.1. The molecule has 1 aromatic heterocycles. The average molecular weight is 340 g/mol. The van der Waals surface area contributed by atoms with Gasteiger partial charge in [0, 0.05) is 13.1 Å². The minimum atomic E-state index is -0.236. The van der Waals surface area contributed by atoms with Crippen LogP contribution in [-0.4, -0.2) is 15.0 Å². The van der Waals surface area contributed by atoms with Gasteiger partial charge >= 0.3 is 0 Å². The zero-order chi connectivity index (χ0) is 17.2. The zero-order valence-electron chi connectivity index (χ0n) is 13.6. The summed E-state index contributed by atoms with van der Waals surface area (Å²) >= 11 is 0. The molecule has 1 aliphatic rings. The fraction of sp³-hybridized carbons (Fsp3) is 0.263. The van der Waals surface area contributed by atoms with Crippen LogP contribution < -0.4 is 5.32 Å². The highest BCUT2D eigenvalue weighted by molar-refractivity contribution is 5.35. The molecule has 6 heteroatoms. The van der Waals surface area contributed by atoms with Crippen molar-refractivity contribution in [2.45, 2.75) is 32.0 Å². The van der Waals surface area contributed by atoms with E-state index in [0.29, 0.717) is 13.1 Å². The van der Waals surface area contributed by atoms with Gasteiger partial charge in [-0.25, -0.2) is 13.5 Å². The maximum atomic E-state index is 13.5. The molecular weight excluding hydrogens is 322 g/mol. The van der Waals surface area contributed by atoms with Crippen LogP contribution in [0.2, 0.25) is 0 Å². The van der Waals surface area contributed by atoms with E-state index in [1.807, 2.05) is 16.9 Å². The van der Waals surface area contributed by atoms with Crippen LogP contribution in [0.25, 0.3) is 0 Å². The molecule has 1 heterocycles. The van der Waals surface area contributed by atoms with Gasteiger partial charge in [0.2, 0.25) is 0 Å². The van der Waals surface area contributed by atoms with Crippen molar-refractivity contribution < 1.29 is 8.78 Å². The van der Waals surface area contributed by atoms with E-state index >= 15 is 0 Å². The van der Waals surface area contributed by atoms with Crippen molar-refractivity contribution in [3.8, 4) is 0 Å². The third-order valence-electron chi connectivity index (χ3n) is 4.58. The molecule has 0 spiro atoms. The fourth-order valence-electron chi connectivity index (χ4n) is 3.31. The van der Waals surface area contributed by atoms with Crippen molar-refractivity contribution in [2.24, 2.45) is 0 Å². The van der Waals surface area contributed by atoms with Crippen molar-refractivity contribution >= 4 is 0 Å². The second-order valence-electron chi connectivity index (χ2n) is 6.32. The first-order chi connectivity index (χ1) is 12.2. The molecule has 4 rings (SSSR count). The molecule has 0 radical (unpaired) electrons. The normalized spacial score (nSPS) is 16.2. The highest BCUT2D eigenvalue weighted by Gasteiger charge is 2.25. The minimum Gasteiger partial charge on any atom is -0.307 e. The van der Waals surface area contributed by atoms with Crippen LogP contribution in [-0.2, 0) is 19.5 Å². The summed E-state index contributed by atoms with van der Waals surface area (Å²) < 4.78 is 28.2. The van der Waals surface area contributed by atoms with Gasteiger partial charge in [0.25, 0.3) is 0 Å². The molecule has 1 N–H and O–H groups in total. The van der Waals surface area contributed by atoms with Crippen LogP contribution in [0.3, 0.4) is 0 Å².